The maximum Gasteiger partial charge on any atom is 0.238 e. The average molecular weight is 382 g/mol. The topological polar surface area (TPSA) is 37.8 Å². The van der Waals surface area contributed by atoms with E-state index in [0.29, 0.717) is 6.42 Å². The van der Waals surface area contributed by atoms with E-state index in [4.69, 9.17) is 0 Å². The normalized spacial score (nSPS) is 11.5. The second-order valence-electron chi connectivity index (χ2n) is 6.01. The first-order valence-corrected chi connectivity index (χ1v) is 10.1. The smallest absolute Gasteiger partial charge is 0.238 e. The van der Waals surface area contributed by atoms with Gasteiger partial charge in [0.05, 0.1) is 16.6 Å². The first-order chi connectivity index (χ1) is 12.1. The van der Waals surface area contributed by atoms with E-state index in [1.54, 1.807) is 28.9 Å². The average Bonchev–Trinajstić information content (AvgIpc) is 3.21. The van der Waals surface area contributed by atoms with Gasteiger partial charge >= 0.3 is 0 Å². The zero-order valence-corrected chi connectivity index (χ0v) is 15.7. The van der Waals surface area contributed by atoms with Crippen LogP contribution in [0.5, 0.6) is 0 Å². The third kappa shape index (κ3) is 4.73. The second-order valence-corrected chi connectivity index (χ2v) is 8.15. The maximum absolute atomic E-state index is 12.2. The van der Waals surface area contributed by atoms with E-state index >= 15 is 0 Å². The van der Waals surface area contributed by atoms with Gasteiger partial charge in [-0.15, -0.1) is 27.8 Å². The lowest BCUT2D eigenvalue weighted by Crippen LogP contribution is -1.98. The van der Waals surface area contributed by atoms with Gasteiger partial charge in [0.15, 0.2) is 0 Å². The van der Waals surface area contributed by atoms with E-state index in [9.17, 15) is 8.78 Å². The van der Waals surface area contributed by atoms with Crippen LogP contribution in [0.15, 0.2) is 23.7 Å². The molecular weight excluding hydrogens is 360 g/mol. The van der Waals surface area contributed by atoms with Crippen LogP contribution in [0.4, 0.5) is 14.5 Å². The summed E-state index contributed by atoms with van der Waals surface area (Å²) in [5, 5.41) is 14.0. The molecule has 0 aromatic carbocycles. The van der Waals surface area contributed by atoms with Crippen LogP contribution in [-0.4, -0.2) is 16.6 Å². The van der Waals surface area contributed by atoms with Crippen molar-refractivity contribution in [2.24, 2.45) is 0 Å². The van der Waals surface area contributed by atoms with Gasteiger partial charge in [-0.2, -0.15) is 5.10 Å². The summed E-state index contributed by atoms with van der Waals surface area (Å²) in [6, 6.07) is 4.15. The molecule has 7 heteroatoms. The molecule has 0 spiro atoms. The molecule has 3 nitrogen and oxygen atoms in total. The van der Waals surface area contributed by atoms with E-state index in [0.717, 1.165) is 41.7 Å². The van der Waals surface area contributed by atoms with Crippen molar-refractivity contribution in [1.29, 1.82) is 0 Å². The van der Waals surface area contributed by atoms with Gasteiger partial charge in [-0.3, -0.25) is 0 Å². The van der Waals surface area contributed by atoms with E-state index in [1.165, 1.54) is 15.3 Å². The van der Waals surface area contributed by atoms with Crippen LogP contribution in [0.2, 0.25) is 0 Å². The van der Waals surface area contributed by atoms with E-state index < -0.39 is 6.43 Å². The highest BCUT2D eigenvalue weighted by Gasteiger charge is 2.13. The fraction of sp³-hybridized carbons (Fsp3) is 0.444. The summed E-state index contributed by atoms with van der Waals surface area (Å²) >= 11 is 3.47. The van der Waals surface area contributed by atoms with Crippen molar-refractivity contribution in [2.45, 2.75) is 52.0 Å². The largest absolute Gasteiger partial charge is 0.378 e. The highest BCUT2D eigenvalue weighted by Crippen LogP contribution is 2.35. The Kier molecular flexibility index (Phi) is 6.31. The lowest BCUT2D eigenvalue weighted by Gasteiger charge is -2.04. The standard InChI is InChI=1S/C18H21F2N3S2/c1-12-15(7-3-2-4-8-16(19)20)25-18-14(11-22-23-17(12)18)21-10-13-6-5-9-24-13/h5-6,9,11,16H,2-4,7-8,10H2,1H3,(H,21,23). The molecule has 0 bridgehead atoms. The summed E-state index contributed by atoms with van der Waals surface area (Å²) < 4.78 is 25.5. The van der Waals surface area contributed by atoms with Gasteiger partial charge in [0.1, 0.15) is 5.52 Å². The zero-order valence-electron chi connectivity index (χ0n) is 14.1. The fourth-order valence-electron chi connectivity index (χ4n) is 2.78. The molecular formula is C18H21F2N3S2. The summed E-state index contributed by atoms with van der Waals surface area (Å²) in [6.07, 6.45) is 2.89. The molecule has 0 aliphatic rings. The van der Waals surface area contributed by atoms with Gasteiger partial charge in [0.25, 0.3) is 0 Å². The number of fused-ring (bicyclic) bond motifs is 1. The lowest BCUT2D eigenvalue weighted by atomic mass is 10.1. The Morgan fingerprint density at radius 3 is 2.88 bits per heavy atom. The lowest BCUT2D eigenvalue weighted by molar-refractivity contribution is 0.134. The van der Waals surface area contributed by atoms with Crippen molar-refractivity contribution in [3.8, 4) is 0 Å². The quantitative estimate of drug-likeness (QED) is 0.459. The predicted octanol–water partition coefficient (Wildman–Crippen LogP) is 6.04. The van der Waals surface area contributed by atoms with Crippen molar-refractivity contribution in [3.63, 3.8) is 0 Å². The molecule has 134 valence electrons. The summed E-state index contributed by atoms with van der Waals surface area (Å²) in [7, 11) is 0. The number of hydrogen-bond acceptors (Lipinski definition) is 5. The molecule has 3 aromatic heterocycles. The number of anilines is 1. The van der Waals surface area contributed by atoms with Gasteiger partial charge in [-0.25, -0.2) is 8.78 Å². The minimum Gasteiger partial charge on any atom is -0.378 e. The van der Waals surface area contributed by atoms with Gasteiger partial charge in [-0.1, -0.05) is 12.5 Å². The monoisotopic (exact) mass is 381 g/mol. The maximum atomic E-state index is 12.2. The molecule has 3 rings (SSSR count). The summed E-state index contributed by atoms with van der Waals surface area (Å²) in [6.45, 7) is 2.85. The molecule has 0 saturated heterocycles. The Labute approximate surface area is 154 Å². The molecule has 0 radical (unpaired) electrons. The second kappa shape index (κ2) is 8.67. The minimum atomic E-state index is -2.18. The Hall–Kier alpha value is -1.60. The number of alkyl halides is 2. The van der Waals surface area contributed by atoms with E-state index in [-0.39, 0.29) is 6.42 Å². The Morgan fingerprint density at radius 1 is 1.24 bits per heavy atom. The van der Waals surface area contributed by atoms with Crippen LogP contribution in [0.1, 0.15) is 41.0 Å². The van der Waals surface area contributed by atoms with Crippen LogP contribution in [0.25, 0.3) is 10.2 Å². The molecule has 0 fully saturated rings. The van der Waals surface area contributed by atoms with Crippen LogP contribution < -0.4 is 5.32 Å². The first-order valence-electron chi connectivity index (χ1n) is 8.43. The molecule has 0 atom stereocenters. The van der Waals surface area contributed by atoms with Crippen LogP contribution in [-0.2, 0) is 13.0 Å². The van der Waals surface area contributed by atoms with Gasteiger partial charge in [0.2, 0.25) is 6.43 Å². The summed E-state index contributed by atoms with van der Waals surface area (Å²) in [4.78, 5) is 2.56. The number of hydrogen-bond donors (Lipinski definition) is 1. The third-order valence-electron chi connectivity index (χ3n) is 4.16. The van der Waals surface area contributed by atoms with Crippen LogP contribution in [0, 0.1) is 6.92 Å². The number of aromatic nitrogens is 2. The van der Waals surface area contributed by atoms with Crippen molar-refractivity contribution in [1.82, 2.24) is 10.2 Å². The highest BCUT2D eigenvalue weighted by atomic mass is 32.1. The molecule has 3 aromatic rings. The van der Waals surface area contributed by atoms with Crippen molar-refractivity contribution in [3.05, 3.63) is 39.0 Å². The van der Waals surface area contributed by atoms with E-state index in [1.807, 2.05) is 6.07 Å². The fourth-order valence-corrected chi connectivity index (χ4v) is 4.69. The number of halogens is 2. The summed E-state index contributed by atoms with van der Waals surface area (Å²) in [5.74, 6) is 0. The molecule has 0 saturated carbocycles. The number of nitrogens with one attached hydrogen (secondary N) is 1. The van der Waals surface area contributed by atoms with Crippen molar-refractivity contribution < 1.29 is 8.78 Å². The molecule has 25 heavy (non-hydrogen) atoms. The SMILES string of the molecule is Cc1c(CCCCCC(F)F)sc2c(NCc3cccs3)cnnc12. The molecule has 0 unspecified atom stereocenters. The molecule has 0 aliphatic heterocycles. The highest BCUT2D eigenvalue weighted by molar-refractivity contribution is 7.19. The number of rotatable bonds is 9. The predicted molar refractivity (Wildman–Crippen MR) is 102 cm³/mol. The number of thiophene rings is 2. The molecule has 3 heterocycles. The summed E-state index contributed by atoms with van der Waals surface area (Å²) in [5.41, 5.74) is 3.13. The Bertz CT molecular complexity index is 800. The molecule has 0 aliphatic carbocycles. The van der Waals surface area contributed by atoms with Gasteiger partial charge < -0.3 is 5.32 Å². The number of unbranched alkanes of at least 4 members (excludes halogenated alkanes) is 2. The Balaban J connectivity index is 1.66. The Morgan fingerprint density at radius 2 is 2.12 bits per heavy atom. The minimum absolute atomic E-state index is 0.00760. The van der Waals surface area contributed by atoms with Crippen molar-refractivity contribution >= 4 is 38.6 Å². The number of nitrogens with zero attached hydrogens (tertiary/aromatic N) is 2. The van der Waals surface area contributed by atoms with E-state index in [2.05, 4.69) is 33.9 Å². The number of aryl methyl sites for hydroxylation is 2. The first kappa shape index (κ1) is 18.2. The van der Waals surface area contributed by atoms with Gasteiger partial charge in [0, 0.05) is 22.7 Å². The third-order valence-corrected chi connectivity index (χ3v) is 6.41. The molecule has 1 N–H and O–H groups in total. The van der Waals surface area contributed by atoms with Crippen LogP contribution in [0.3, 0.4) is 0 Å². The van der Waals surface area contributed by atoms with Crippen molar-refractivity contribution in [2.75, 3.05) is 5.32 Å². The zero-order chi connectivity index (χ0) is 17.6. The molecule has 0 amide bonds. The van der Waals surface area contributed by atoms with Crippen LogP contribution >= 0.6 is 22.7 Å². The van der Waals surface area contributed by atoms with Gasteiger partial charge in [-0.05, 0) is 43.2 Å².